The minimum atomic E-state index is -1.14. The lowest BCUT2D eigenvalue weighted by atomic mass is 10.1. The highest BCUT2D eigenvalue weighted by Crippen LogP contribution is 2.24. The summed E-state index contributed by atoms with van der Waals surface area (Å²) >= 11 is 0. The second kappa shape index (κ2) is 4.88. The van der Waals surface area contributed by atoms with Gasteiger partial charge in [0.15, 0.2) is 0 Å². The van der Waals surface area contributed by atoms with Crippen molar-refractivity contribution in [2.45, 2.75) is 26.1 Å². The van der Waals surface area contributed by atoms with Crippen molar-refractivity contribution in [3.8, 4) is 0 Å². The molecule has 1 aliphatic rings. The predicted molar refractivity (Wildman–Crippen MR) is 78.8 cm³/mol. The van der Waals surface area contributed by atoms with E-state index in [0.29, 0.717) is 0 Å². The Morgan fingerprint density at radius 3 is 2.29 bits per heavy atom. The van der Waals surface area contributed by atoms with Crippen LogP contribution in [0.3, 0.4) is 0 Å². The van der Waals surface area contributed by atoms with Crippen molar-refractivity contribution in [1.82, 2.24) is 0 Å². The van der Waals surface area contributed by atoms with Crippen LogP contribution in [0.4, 0.5) is 0 Å². The summed E-state index contributed by atoms with van der Waals surface area (Å²) in [6.45, 7) is 7.18. The van der Waals surface area contributed by atoms with E-state index in [2.05, 4.69) is 74.3 Å². The van der Waals surface area contributed by atoms with E-state index in [4.69, 9.17) is 0 Å². The van der Waals surface area contributed by atoms with Gasteiger partial charge in [-0.15, -0.1) is 0 Å². The molecule has 2 rings (SSSR count). The maximum absolute atomic E-state index is 2.39. The lowest BCUT2D eigenvalue weighted by Gasteiger charge is -2.15. The van der Waals surface area contributed by atoms with Crippen LogP contribution < -0.4 is 0 Å². The van der Waals surface area contributed by atoms with E-state index in [-0.39, 0.29) is 0 Å². The molecule has 88 valence electrons. The van der Waals surface area contributed by atoms with Crippen LogP contribution >= 0.6 is 0 Å². The number of hydrogen-bond donors (Lipinski definition) is 0. The second-order valence-electron chi connectivity index (χ2n) is 5.58. The van der Waals surface area contributed by atoms with Crippen LogP contribution in [0.1, 0.15) is 5.56 Å². The van der Waals surface area contributed by atoms with Gasteiger partial charge in [-0.25, -0.2) is 0 Å². The van der Waals surface area contributed by atoms with Crippen LogP contribution in [0.15, 0.2) is 65.4 Å². The van der Waals surface area contributed by atoms with Gasteiger partial charge in [0.25, 0.3) is 0 Å². The monoisotopic (exact) mass is 240 g/mol. The fraction of sp³-hybridized carbons (Fsp3) is 0.250. The molecule has 0 radical (unpaired) electrons. The van der Waals surface area contributed by atoms with Crippen LogP contribution in [0.25, 0.3) is 0 Å². The van der Waals surface area contributed by atoms with E-state index in [9.17, 15) is 0 Å². The summed E-state index contributed by atoms with van der Waals surface area (Å²) in [5.74, 6) is 0. The molecule has 0 aromatic heterocycles. The maximum Gasteiger partial charge on any atom is 0.0776 e. The number of hydrogen-bond acceptors (Lipinski definition) is 0. The SMILES string of the molecule is C[Si](C)(C)C1=CC(=CCc2ccccc2)C=C1. The Morgan fingerprint density at radius 1 is 1.00 bits per heavy atom. The first-order valence-electron chi connectivity index (χ1n) is 6.20. The van der Waals surface area contributed by atoms with Gasteiger partial charge in [0, 0.05) is 0 Å². The molecule has 0 atom stereocenters. The zero-order chi connectivity index (χ0) is 12.3. The summed E-state index contributed by atoms with van der Waals surface area (Å²) in [6, 6.07) is 10.6. The van der Waals surface area contributed by atoms with Crippen LogP contribution in [-0.4, -0.2) is 8.07 Å². The van der Waals surface area contributed by atoms with Gasteiger partial charge in [-0.3, -0.25) is 0 Å². The van der Waals surface area contributed by atoms with E-state index in [0.717, 1.165) is 6.42 Å². The third-order valence-corrected chi connectivity index (χ3v) is 5.10. The Bertz CT molecular complexity index is 470. The molecule has 1 aliphatic carbocycles. The molecule has 0 saturated heterocycles. The summed E-state index contributed by atoms with van der Waals surface area (Å²) in [4.78, 5) is 0. The minimum Gasteiger partial charge on any atom is -0.0729 e. The molecule has 17 heavy (non-hydrogen) atoms. The summed E-state index contributed by atoms with van der Waals surface area (Å²) < 4.78 is 0. The first kappa shape index (κ1) is 12.1. The van der Waals surface area contributed by atoms with E-state index >= 15 is 0 Å². The van der Waals surface area contributed by atoms with Crippen molar-refractivity contribution in [2.24, 2.45) is 0 Å². The van der Waals surface area contributed by atoms with Crippen molar-refractivity contribution in [1.29, 1.82) is 0 Å². The number of benzene rings is 1. The molecule has 0 heterocycles. The third-order valence-electron chi connectivity index (χ3n) is 3.06. The van der Waals surface area contributed by atoms with E-state index in [1.165, 1.54) is 11.1 Å². The van der Waals surface area contributed by atoms with E-state index in [1.54, 1.807) is 5.20 Å². The van der Waals surface area contributed by atoms with Gasteiger partial charge in [0.2, 0.25) is 0 Å². The number of rotatable bonds is 3. The Hall–Kier alpha value is -1.34. The highest BCUT2D eigenvalue weighted by atomic mass is 28.3. The predicted octanol–water partition coefficient (Wildman–Crippen LogP) is 4.53. The molecule has 1 aromatic carbocycles. The van der Waals surface area contributed by atoms with E-state index < -0.39 is 8.07 Å². The van der Waals surface area contributed by atoms with Crippen molar-refractivity contribution in [3.63, 3.8) is 0 Å². The Balaban J connectivity index is 2.07. The zero-order valence-corrected chi connectivity index (χ0v) is 11.9. The fourth-order valence-electron chi connectivity index (χ4n) is 1.91. The summed E-state index contributed by atoms with van der Waals surface area (Å²) in [7, 11) is -1.14. The molecular formula is C16H20Si. The molecule has 0 spiro atoms. The topological polar surface area (TPSA) is 0 Å². The lowest BCUT2D eigenvalue weighted by molar-refractivity contribution is 1.26. The first-order valence-corrected chi connectivity index (χ1v) is 9.70. The summed E-state index contributed by atoms with van der Waals surface area (Å²) in [5, 5.41) is 1.55. The molecule has 0 aliphatic heterocycles. The lowest BCUT2D eigenvalue weighted by Crippen LogP contribution is -2.21. The van der Waals surface area contributed by atoms with Gasteiger partial charge < -0.3 is 0 Å². The number of allylic oxidation sites excluding steroid dienone is 6. The van der Waals surface area contributed by atoms with Crippen molar-refractivity contribution in [3.05, 3.63) is 71.0 Å². The molecule has 0 unspecified atom stereocenters. The minimum absolute atomic E-state index is 1.02. The molecular weight excluding hydrogens is 220 g/mol. The van der Waals surface area contributed by atoms with Crippen LogP contribution in [0, 0.1) is 0 Å². The maximum atomic E-state index is 2.39. The van der Waals surface area contributed by atoms with E-state index in [1.807, 2.05) is 0 Å². The normalized spacial score (nSPS) is 17.6. The highest BCUT2D eigenvalue weighted by molar-refractivity contribution is 6.83. The molecule has 0 fully saturated rings. The summed E-state index contributed by atoms with van der Waals surface area (Å²) in [5.41, 5.74) is 2.74. The third kappa shape index (κ3) is 3.30. The quantitative estimate of drug-likeness (QED) is 0.681. The standard InChI is InChI=1S/C16H20Si/c1-17(2,3)16-12-11-15(13-16)10-9-14-7-5-4-6-8-14/h4-8,10-13H,9H2,1-3H3. The Morgan fingerprint density at radius 2 is 1.71 bits per heavy atom. The van der Waals surface area contributed by atoms with Gasteiger partial charge >= 0.3 is 0 Å². The molecule has 0 amide bonds. The highest BCUT2D eigenvalue weighted by Gasteiger charge is 2.19. The van der Waals surface area contributed by atoms with Crippen molar-refractivity contribution in [2.75, 3.05) is 0 Å². The molecule has 0 bridgehead atoms. The smallest absolute Gasteiger partial charge is 0.0729 e. The van der Waals surface area contributed by atoms with Gasteiger partial charge in [-0.1, -0.05) is 79.5 Å². The van der Waals surface area contributed by atoms with Gasteiger partial charge in [0.05, 0.1) is 8.07 Å². The fourth-order valence-corrected chi connectivity index (χ4v) is 3.09. The van der Waals surface area contributed by atoms with Gasteiger partial charge in [0.1, 0.15) is 0 Å². The molecule has 0 saturated carbocycles. The van der Waals surface area contributed by atoms with Crippen molar-refractivity contribution < 1.29 is 0 Å². The Kier molecular flexibility index (Phi) is 3.48. The van der Waals surface area contributed by atoms with Crippen LogP contribution in [0.2, 0.25) is 19.6 Å². The average Bonchev–Trinajstić information content (AvgIpc) is 2.76. The molecule has 1 aromatic rings. The zero-order valence-electron chi connectivity index (χ0n) is 10.9. The van der Waals surface area contributed by atoms with Crippen LogP contribution in [0.5, 0.6) is 0 Å². The van der Waals surface area contributed by atoms with Gasteiger partial charge in [-0.2, -0.15) is 0 Å². The molecule has 1 heteroatoms. The first-order chi connectivity index (χ1) is 8.05. The molecule has 0 N–H and O–H groups in total. The summed E-state index contributed by atoms with van der Waals surface area (Å²) in [6.07, 6.45) is 10.2. The van der Waals surface area contributed by atoms with Crippen molar-refractivity contribution >= 4 is 8.07 Å². The average molecular weight is 240 g/mol. The van der Waals surface area contributed by atoms with Crippen LogP contribution in [-0.2, 0) is 6.42 Å². The van der Waals surface area contributed by atoms with Gasteiger partial charge in [-0.05, 0) is 17.6 Å². The largest absolute Gasteiger partial charge is 0.0776 e. The Labute approximate surface area is 105 Å². The second-order valence-corrected chi connectivity index (χ2v) is 10.7. The molecule has 0 nitrogen and oxygen atoms in total.